The van der Waals surface area contributed by atoms with Crippen molar-refractivity contribution in [2.24, 2.45) is 5.92 Å². The molecular formula is C16H28N2O2. The van der Waals surface area contributed by atoms with Crippen LogP contribution in [0.2, 0.25) is 0 Å². The molecule has 1 fully saturated rings. The van der Waals surface area contributed by atoms with Crippen LogP contribution < -0.4 is 5.32 Å². The highest BCUT2D eigenvalue weighted by Gasteiger charge is 2.20. The molecule has 4 nitrogen and oxygen atoms in total. The number of nitrogens with zero attached hydrogens (tertiary/aromatic N) is 1. The predicted molar refractivity (Wildman–Crippen MR) is 80.6 cm³/mol. The quantitative estimate of drug-likeness (QED) is 0.743. The number of piperidine rings is 1. The van der Waals surface area contributed by atoms with E-state index < -0.39 is 0 Å². The highest BCUT2D eigenvalue weighted by molar-refractivity contribution is 5.12. The van der Waals surface area contributed by atoms with Crippen molar-refractivity contribution in [2.45, 2.75) is 39.3 Å². The van der Waals surface area contributed by atoms with Crippen molar-refractivity contribution >= 4 is 0 Å². The van der Waals surface area contributed by atoms with Gasteiger partial charge >= 0.3 is 0 Å². The number of hydrogen-bond acceptors (Lipinski definition) is 4. The van der Waals surface area contributed by atoms with E-state index in [4.69, 9.17) is 9.15 Å². The van der Waals surface area contributed by atoms with Crippen molar-refractivity contribution in [2.75, 3.05) is 33.4 Å². The molecule has 4 heteroatoms. The molecule has 20 heavy (non-hydrogen) atoms. The highest BCUT2D eigenvalue weighted by Crippen LogP contribution is 2.19. The Morgan fingerprint density at radius 1 is 1.50 bits per heavy atom. The number of methoxy groups -OCH3 is 1. The van der Waals surface area contributed by atoms with Crippen LogP contribution in [0, 0.1) is 5.92 Å². The van der Waals surface area contributed by atoms with Crippen molar-refractivity contribution in [3.8, 4) is 0 Å². The summed E-state index contributed by atoms with van der Waals surface area (Å²) in [7, 11) is 1.79. The summed E-state index contributed by atoms with van der Waals surface area (Å²) in [6, 6.07) is 2.18. The van der Waals surface area contributed by atoms with Gasteiger partial charge in [-0.3, -0.25) is 4.90 Å². The summed E-state index contributed by atoms with van der Waals surface area (Å²) < 4.78 is 11.0. The van der Waals surface area contributed by atoms with Gasteiger partial charge in [-0.15, -0.1) is 0 Å². The van der Waals surface area contributed by atoms with Gasteiger partial charge in [0.2, 0.25) is 0 Å². The summed E-state index contributed by atoms with van der Waals surface area (Å²) in [6.45, 7) is 8.24. The van der Waals surface area contributed by atoms with Gasteiger partial charge in [-0.25, -0.2) is 0 Å². The van der Waals surface area contributed by atoms with Gasteiger partial charge in [0.15, 0.2) is 0 Å². The summed E-state index contributed by atoms with van der Waals surface area (Å²) in [5, 5.41) is 3.40. The van der Waals surface area contributed by atoms with Crippen LogP contribution >= 0.6 is 0 Å². The van der Waals surface area contributed by atoms with E-state index in [1.54, 1.807) is 7.11 Å². The molecule has 1 aromatic heterocycles. The van der Waals surface area contributed by atoms with Crippen LogP contribution in [0.15, 0.2) is 16.7 Å². The number of ether oxygens (including phenoxy) is 1. The summed E-state index contributed by atoms with van der Waals surface area (Å²) in [6.07, 6.45) is 5.60. The van der Waals surface area contributed by atoms with Crippen LogP contribution in [0.3, 0.4) is 0 Å². The van der Waals surface area contributed by atoms with Crippen molar-refractivity contribution in [1.29, 1.82) is 0 Å². The molecule has 1 aliphatic rings. The third-order valence-electron chi connectivity index (χ3n) is 3.85. The Morgan fingerprint density at radius 3 is 3.20 bits per heavy atom. The zero-order valence-electron chi connectivity index (χ0n) is 12.9. The zero-order valence-corrected chi connectivity index (χ0v) is 12.9. The summed E-state index contributed by atoms with van der Waals surface area (Å²) >= 11 is 0. The SMILES string of the molecule is CCCNCc1coc(CN2CCCC(COC)C2)c1. The molecule has 0 aliphatic carbocycles. The molecule has 1 aliphatic heterocycles. The fourth-order valence-corrected chi connectivity index (χ4v) is 2.90. The fraction of sp³-hybridized carbons (Fsp3) is 0.750. The van der Waals surface area contributed by atoms with Gasteiger partial charge in [-0.1, -0.05) is 6.92 Å². The minimum Gasteiger partial charge on any atom is -0.468 e. The van der Waals surface area contributed by atoms with E-state index in [1.807, 2.05) is 6.26 Å². The molecule has 1 saturated heterocycles. The van der Waals surface area contributed by atoms with Crippen LogP contribution in [0.25, 0.3) is 0 Å². The molecule has 114 valence electrons. The Hall–Kier alpha value is -0.840. The normalized spacial score (nSPS) is 20.4. The molecule has 1 unspecified atom stereocenters. The van der Waals surface area contributed by atoms with E-state index in [9.17, 15) is 0 Å². The number of rotatable bonds is 8. The third-order valence-corrected chi connectivity index (χ3v) is 3.85. The number of likely N-dealkylation sites (tertiary alicyclic amines) is 1. The van der Waals surface area contributed by atoms with E-state index in [1.165, 1.54) is 31.4 Å². The maximum atomic E-state index is 5.68. The first-order valence-electron chi connectivity index (χ1n) is 7.80. The first-order valence-corrected chi connectivity index (χ1v) is 7.80. The Morgan fingerprint density at radius 2 is 2.40 bits per heavy atom. The third kappa shape index (κ3) is 4.93. The van der Waals surface area contributed by atoms with Crippen LogP contribution in [0.4, 0.5) is 0 Å². The van der Waals surface area contributed by atoms with E-state index in [2.05, 4.69) is 23.2 Å². The summed E-state index contributed by atoms with van der Waals surface area (Å²) in [4.78, 5) is 2.48. The molecule has 2 heterocycles. The lowest BCUT2D eigenvalue weighted by molar-refractivity contribution is 0.0840. The highest BCUT2D eigenvalue weighted by atomic mass is 16.5. The first kappa shape index (κ1) is 15.5. The Kier molecular flexibility index (Phi) is 6.57. The monoisotopic (exact) mass is 280 g/mol. The molecule has 0 bridgehead atoms. The van der Waals surface area contributed by atoms with Crippen LogP contribution in [0.5, 0.6) is 0 Å². The molecule has 0 amide bonds. The summed E-state index contributed by atoms with van der Waals surface area (Å²) in [5.41, 5.74) is 1.25. The minimum absolute atomic E-state index is 0.675. The molecular weight excluding hydrogens is 252 g/mol. The summed E-state index contributed by atoms with van der Waals surface area (Å²) in [5.74, 6) is 1.76. The maximum Gasteiger partial charge on any atom is 0.118 e. The molecule has 0 spiro atoms. The van der Waals surface area contributed by atoms with Crippen LogP contribution in [-0.2, 0) is 17.8 Å². The largest absolute Gasteiger partial charge is 0.468 e. The average Bonchev–Trinajstić information content (AvgIpc) is 2.87. The standard InChI is InChI=1S/C16H28N2O2/c1-3-6-17-9-15-8-16(20-13-15)11-18-7-4-5-14(10-18)12-19-2/h8,13-14,17H,3-7,9-12H2,1-2H3. The number of furan rings is 1. The molecule has 0 aromatic carbocycles. The van der Waals surface area contributed by atoms with Crippen LogP contribution in [-0.4, -0.2) is 38.3 Å². The molecule has 1 aromatic rings. The number of nitrogens with one attached hydrogen (secondary N) is 1. The van der Waals surface area contributed by atoms with Crippen molar-refractivity contribution in [3.63, 3.8) is 0 Å². The molecule has 1 N–H and O–H groups in total. The zero-order chi connectivity index (χ0) is 14.2. The Balaban J connectivity index is 1.77. The molecule has 0 radical (unpaired) electrons. The van der Waals surface area contributed by atoms with Gasteiger partial charge in [-0.2, -0.15) is 0 Å². The second-order valence-electron chi connectivity index (χ2n) is 5.80. The minimum atomic E-state index is 0.675. The van der Waals surface area contributed by atoms with E-state index in [-0.39, 0.29) is 0 Å². The first-order chi connectivity index (χ1) is 9.81. The van der Waals surface area contributed by atoms with Crippen molar-refractivity contribution in [1.82, 2.24) is 10.2 Å². The maximum absolute atomic E-state index is 5.68. The number of hydrogen-bond donors (Lipinski definition) is 1. The second-order valence-corrected chi connectivity index (χ2v) is 5.80. The van der Waals surface area contributed by atoms with Gasteiger partial charge in [0, 0.05) is 25.8 Å². The average molecular weight is 280 g/mol. The van der Waals surface area contributed by atoms with Gasteiger partial charge < -0.3 is 14.5 Å². The van der Waals surface area contributed by atoms with E-state index in [0.717, 1.165) is 38.5 Å². The lowest BCUT2D eigenvalue weighted by Crippen LogP contribution is -2.36. The molecule has 0 saturated carbocycles. The lowest BCUT2D eigenvalue weighted by atomic mass is 9.99. The Labute approximate surface area is 122 Å². The van der Waals surface area contributed by atoms with Crippen LogP contribution in [0.1, 0.15) is 37.5 Å². The predicted octanol–water partition coefficient (Wildman–Crippen LogP) is 2.64. The molecule has 2 rings (SSSR count). The topological polar surface area (TPSA) is 37.6 Å². The van der Waals surface area contributed by atoms with Gasteiger partial charge in [0.05, 0.1) is 19.4 Å². The van der Waals surface area contributed by atoms with E-state index in [0.29, 0.717) is 5.92 Å². The van der Waals surface area contributed by atoms with Crippen molar-refractivity contribution < 1.29 is 9.15 Å². The van der Waals surface area contributed by atoms with Gasteiger partial charge in [-0.05, 0) is 44.3 Å². The lowest BCUT2D eigenvalue weighted by Gasteiger charge is -2.31. The molecule has 1 atom stereocenters. The second kappa shape index (κ2) is 8.45. The van der Waals surface area contributed by atoms with Crippen molar-refractivity contribution in [3.05, 3.63) is 23.7 Å². The van der Waals surface area contributed by atoms with Gasteiger partial charge in [0.25, 0.3) is 0 Å². The smallest absolute Gasteiger partial charge is 0.118 e. The fourth-order valence-electron chi connectivity index (χ4n) is 2.90. The Bertz CT molecular complexity index is 376. The van der Waals surface area contributed by atoms with E-state index >= 15 is 0 Å². The van der Waals surface area contributed by atoms with Gasteiger partial charge in [0.1, 0.15) is 5.76 Å².